The van der Waals surface area contributed by atoms with Crippen LogP contribution in [0.1, 0.15) is 30.9 Å². The number of thiazole rings is 1. The molecule has 2 saturated heterocycles. The summed E-state index contributed by atoms with van der Waals surface area (Å²) in [7, 11) is 3.29. The highest BCUT2D eigenvalue weighted by molar-refractivity contribution is 7.20. The highest BCUT2D eigenvalue weighted by Gasteiger charge is 2.35. The van der Waals surface area contributed by atoms with E-state index in [4.69, 9.17) is 14.2 Å². The number of benzene rings is 2. The number of fused-ring (bicyclic) bond motifs is 1. The third-order valence-electron chi connectivity index (χ3n) is 6.31. The molecule has 5 rings (SSSR count). The summed E-state index contributed by atoms with van der Waals surface area (Å²) >= 11 is 1.57. The summed E-state index contributed by atoms with van der Waals surface area (Å²) in [6.45, 7) is 1.36. The van der Waals surface area contributed by atoms with E-state index in [0.29, 0.717) is 24.7 Å². The molecule has 0 spiro atoms. The SMILES string of the molecule is COc1ccc(OC)c(C2CC(C(=O)N3CCC(Oc4nc5ccccc5s4)CC3)NN2)c1. The van der Waals surface area contributed by atoms with E-state index in [2.05, 4.69) is 21.9 Å². The van der Waals surface area contributed by atoms with E-state index in [1.807, 2.05) is 41.3 Å². The van der Waals surface area contributed by atoms with E-state index in [0.717, 1.165) is 40.1 Å². The average molecular weight is 469 g/mol. The molecule has 0 saturated carbocycles. The summed E-state index contributed by atoms with van der Waals surface area (Å²) in [5, 5.41) is 0.706. The van der Waals surface area contributed by atoms with Gasteiger partial charge in [0.2, 0.25) is 5.91 Å². The molecule has 0 aliphatic carbocycles. The first-order valence-electron chi connectivity index (χ1n) is 11.2. The Bertz CT molecular complexity index is 1100. The second-order valence-electron chi connectivity index (χ2n) is 8.33. The van der Waals surface area contributed by atoms with Crippen molar-refractivity contribution in [3.05, 3.63) is 48.0 Å². The van der Waals surface area contributed by atoms with E-state index in [9.17, 15) is 4.79 Å². The van der Waals surface area contributed by atoms with Gasteiger partial charge in [-0.15, -0.1) is 0 Å². The molecule has 2 N–H and O–H groups in total. The van der Waals surface area contributed by atoms with Gasteiger partial charge in [-0.25, -0.2) is 15.8 Å². The molecule has 2 fully saturated rings. The summed E-state index contributed by atoms with van der Waals surface area (Å²) in [5.41, 5.74) is 8.38. The topological polar surface area (TPSA) is 85.0 Å². The summed E-state index contributed by atoms with van der Waals surface area (Å²) in [6.07, 6.45) is 2.33. The number of nitrogens with zero attached hydrogens (tertiary/aromatic N) is 2. The van der Waals surface area contributed by atoms with Crippen LogP contribution in [-0.4, -0.2) is 55.2 Å². The predicted molar refractivity (Wildman–Crippen MR) is 127 cm³/mol. The van der Waals surface area contributed by atoms with Crippen molar-refractivity contribution >= 4 is 27.5 Å². The molecule has 3 heterocycles. The van der Waals surface area contributed by atoms with Crippen LogP contribution in [0.4, 0.5) is 0 Å². The number of amides is 1. The van der Waals surface area contributed by atoms with Gasteiger partial charge in [0.25, 0.3) is 5.19 Å². The number of rotatable bonds is 6. The Morgan fingerprint density at radius 2 is 1.91 bits per heavy atom. The number of carbonyl (C=O) groups is 1. The Hall–Kier alpha value is -2.88. The minimum Gasteiger partial charge on any atom is -0.497 e. The predicted octanol–water partition coefficient (Wildman–Crippen LogP) is 3.29. The Kier molecular flexibility index (Phi) is 6.34. The van der Waals surface area contributed by atoms with E-state index in [1.165, 1.54) is 0 Å². The van der Waals surface area contributed by atoms with Crippen LogP contribution in [0.15, 0.2) is 42.5 Å². The molecule has 2 aromatic carbocycles. The summed E-state index contributed by atoms with van der Waals surface area (Å²) < 4.78 is 18.1. The van der Waals surface area contributed by atoms with Crippen LogP contribution in [0.25, 0.3) is 10.2 Å². The number of methoxy groups -OCH3 is 2. The minimum absolute atomic E-state index is 0.0380. The lowest BCUT2D eigenvalue weighted by atomic mass is 9.99. The first-order chi connectivity index (χ1) is 16.1. The fourth-order valence-corrected chi connectivity index (χ4v) is 5.37. The second kappa shape index (κ2) is 9.54. The largest absolute Gasteiger partial charge is 0.497 e. The van der Waals surface area contributed by atoms with Gasteiger partial charge in [-0.05, 0) is 36.8 Å². The fraction of sp³-hybridized carbons (Fsp3) is 0.417. The highest BCUT2D eigenvalue weighted by atomic mass is 32.1. The van der Waals surface area contributed by atoms with Crippen LogP contribution < -0.4 is 25.1 Å². The third kappa shape index (κ3) is 4.62. The first-order valence-corrected chi connectivity index (χ1v) is 12.0. The number of ether oxygens (including phenoxy) is 3. The lowest BCUT2D eigenvalue weighted by Crippen LogP contribution is -2.49. The van der Waals surface area contributed by atoms with E-state index < -0.39 is 0 Å². The lowest BCUT2D eigenvalue weighted by molar-refractivity contribution is -0.135. The Balaban J connectivity index is 1.16. The maximum absolute atomic E-state index is 13.2. The molecule has 1 aromatic heterocycles. The molecule has 2 aliphatic heterocycles. The number of para-hydroxylation sites is 1. The first kappa shape index (κ1) is 21.9. The molecule has 3 aromatic rings. The van der Waals surface area contributed by atoms with Gasteiger partial charge in [0.05, 0.1) is 30.5 Å². The van der Waals surface area contributed by atoms with Gasteiger partial charge in [0.15, 0.2) is 0 Å². The molecule has 8 nitrogen and oxygen atoms in total. The van der Waals surface area contributed by atoms with Gasteiger partial charge in [-0.2, -0.15) is 0 Å². The standard InChI is InChI=1S/C24H28N4O4S/c1-30-16-7-8-21(31-2)17(13-16)19-14-20(27-26-19)23(29)28-11-9-15(10-12-28)32-24-25-18-5-3-4-6-22(18)33-24/h3-8,13,15,19-20,26-27H,9-12,14H2,1-2H3. The average Bonchev–Trinajstić information content (AvgIpc) is 3.50. The van der Waals surface area contributed by atoms with Crippen molar-refractivity contribution in [3.8, 4) is 16.7 Å². The third-order valence-corrected chi connectivity index (χ3v) is 7.24. The molecule has 1 amide bonds. The van der Waals surface area contributed by atoms with Crippen LogP contribution >= 0.6 is 11.3 Å². The summed E-state index contributed by atoms with van der Waals surface area (Å²) in [6, 6.07) is 13.4. The van der Waals surface area contributed by atoms with Crippen molar-refractivity contribution in [2.24, 2.45) is 0 Å². The van der Waals surface area contributed by atoms with Gasteiger partial charge >= 0.3 is 0 Å². The Morgan fingerprint density at radius 1 is 1.09 bits per heavy atom. The van der Waals surface area contributed by atoms with E-state index >= 15 is 0 Å². The number of hydrazine groups is 1. The summed E-state index contributed by atoms with van der Waals surface area (Å²) in [4.78, 5) is 19.7. The molecular formula is C24H28N4O4S. The molecule has 2 aliphatic rings. The van der Waals surface area contributed by atoms with Crippen LogP contribution in [0.2, 0.25) is 0 Å². The van der Waals surface area contributed by atoms with Gasteiger partial charge in [-0.3, -0.25) is 4.79 Å². The number of carbonyl (C=O) groups excluding carboxylic acids is 1. The molecule has 2 unspecified atom stereocenters. The van der Waals surface area contributed by atoms with Crippen molar-refractivity contribution in [1.82, 2.24) is 20.7 Å². The molecular weight excluding hydrogens is 440 g/mol. The normalized spacial score (nSPS) is 21.3. The number of nitrogens with one attached hydrogen (secondary N) is 2. The Labute approximate surface area is 196 Å². The number of aromatic nitrogens is 1. The van der Waals surface area contributed by atoms with Crippen LogP contribution in [0.3, 0.4) is 0 Å². The second-order valence-corrected chi connectivity index (χ2v) is 9.32. The Morgan fingerprint density at radius 3 is 2.67 bits per heavy atom. The molecule has 0 bridgehead atoms. The van der Waals surface area contributed by atoms with Gasteiger partial charge in [0, 0.05) is 31.5 Å². The van der Waals surface area contributed by atoms with E-state index in [1.54, 1.807) is 25.6 Å². The smallest absolute Gasteiger partial charge is 0.274 e. The van der Waals surface area contributed by atoms with Gasteiger partial charge < -0.3 is 19.1 Å². The van der Waals surface area contributed by atoms with Crippen molar-refractivity contribution in [1.29, 1.82) is 0 Å². The van der Waals surface area contributed by atoms with Crippen molar-refractivity contribution in [2.75, 3.05) is 27.3 Å². The number of likely N-dealkylation sites (tertiary alicyclic amines) is 1. The van der Waals surface area contributed by atoms with Gasteiger partial charge in [0.1, 0.15) is 23.6 Å². The van der Waals surface area contributed by atoms with Crippen LogP contribution in [0, 0.1) is 0 Å². The monoisotopic (exact) mass is 468 g/mol. The van der Waals surface area contributed by atoms with Crippen molar-refractivity contribution < 1.29 is 19.0 Å². The van der Waals surface area contributed by atoms with E-state index in [-0.39, 0.29) is 24.1 Å². The maximum Gasteiger partial charge on any atom is 0.274 e. The van der Waals surface area contributed by atoms with Crippen molar-refractivity contribution in [2.45, 2.75) is 37.5 Å². The van der Waals surface area contributed by atoms with Crippen LogP contribution in [0.5, 0.6) is 16.7 Å². The number of hydrogen-bond donors (Lipinski definition) is 2. The number of piperidine rings is 1. The van der Waals surface area contributed by atoms with Crippen LogP contribution in [-0.2, 0) is 4.79 Å². The minimum atomic E-state index is -0.285. The highest BCUT2D eigenvalue weighted by Crippen LogP contribution is 2.34. The molecule has 0 radical (unpaired) electrons. The van der Waals surface area contributed by atoms with Gasteiger partial charge in [-0.1, -0.05) is 23.5 Å². The zero-order valence-corrected chi connectivity index (χ0v) is 19.6. The quantitative estimate of drug-likeness (QED) is 0.574. The number of hydrogen-bond acceptors (Lipinski definition) is 8. The maximum atomic E-state index is 13.2. The lowest BCUT2D eigenvalue weighted by Gasteiger charge is -2.33. The molecule has 33 heavy (non-hydrogen) atoms. The molecule has 174 valence electrons. The van der Waals surface area contributed by atoms with Crippen molar-refractivity contribution in [3.63, 3.8) is 0 Å². The fourth-order valence-electron chi connectivity index (χ4n) is 4.49. The molecule has 9 heteroatoms. The molecule has 2 atom stereocenters. The zero-order chi connectivity index (χ0) is 22.8. The summed E-state index contributed by atoms with van der Waals surface area (Å²) in [5.74, 6) is 1.65. The zero-order valence-electron chi connectivity index (χ0n) is 18.7.